The van der Waals surface area contributed by atoms with Crippen molar-refractivity contribution in [3.05, 3.63) is 65.2 Å². The van der Waals surface area contributed by atoms with Crippen LogP contribution in [0.3, 0.4) is 0 Å². The summed E-state index contributed by atoms with van der Waals surface area (Å²) in [6.07, 6.45) is 0. The molecule has 2 N–H and O–H groups in total. The van der Waals surface area contributed by atoms with Crippen LogP contribution >= 0.6 is 0 Å². The summed E-state index contributed by atoms with van der Waals surface area (Å²) in [6, 6.07) is 11.1. The zero-order chi connectivity index (χ0) is 13.7. The summed E-state index contributed by atoms with van der Waals surface area (Å²) in [5, 5.41) is 11.9. The molecule has 0 aliphatic carbocycles. The summed E-state index contributed by atoms with van der Waals surface area (Å²) in [7, 11) is 0. The van der Waals surface area contributed by atoms with E-state index in [0.717, 1.165) is 5.56 Å². The van der Waals surface area contributed by atoms with Gasteiger partial charge in [0.25, 0.3) is 0 Å². The second-order valence-electron chi connectivity index (χ2n) is 4.05. The van der Waals surface area contributed by atoms with Crippen molar-refractivity contribution in [3.8, 4) is 0 Å². The monoisotopic (exact) mass is 260 g/mol. The number of carbonyl (C=O) groups is 1. The predicted octanol–water partition coefficient (Wildman–Crippen LogP) is 2.21. The molecule has 0 saturated heterocycles. The molecule has 0 unspecified atom stereocenters. The van der Waals surface area contributed by atoms with Gasteiger partial charge in [0.2, 0.25) is 0 Å². The molecule has 1 aromatic carbocycles. The van der Waals surface area contributed by atoms with Crippen molar-refractivity contribution in [1.29, 1.82) is 0 Å². The van der Waals surface area contributed by atoms with Crippen LogP contribution in [0.1, 0.15) is 21.7 Å². The molecule has 0 fully saturated rings. The summed E-state index contributed by atoms with van der Waals surface area (Å²) >= 11 is 0. The topological polar surface area (TPSA) is 62.2 Å². The number of benzene rings is 1. The Labute approximate surface area is 109 Å². The third kappa shape index (κ3) is 3.86. The number of carboxylic acids is 1. The lowest BCUT2D eigenvalue weighted by Crippen LogP contribution is -2.14. The standard InChI is InChI=1S/C14H13FN2O2/c15-11-6-4-10(5-7-11)8-16-9-12-2-1-3-13(17-12)14(18)19/h1-7,16H,8-9H2,(H,18,19). The van der Waals surface area contributed by atoms with E-state index in [2.05, 4.69) is 10.3 Å². The fraction of sp³-hybridized carbons (Fsp3) is 0.143. The van der Waals surface area contributed by atoms with E-state index >= 15 is 0 Å². The van der Waals surface area contributed by atoms with Gasteiger partial charge in [0, 0.05) is 13.1 Å². The lowest BCUT2D eigenvalue weighted by molar-refractivity contribution is 0.0690. The quantitative estimate of drug-likeness (QED) is 0.865. The summed E-state index contributed by atoms with van der Waals surface area (Å²) in [4.78, 5) is 14.8. The number of nitrogens with one attached hydrogen (secondary N) is 1. The minimum atomic E-state index is -1.04. The van der Waals surface area contributed by atoms with Gasteiger partial charge < -0.3 is 10.4 Å². The van der Waals surface area contributed by atoms with Crippen molar-refractivity contribution in [1.82, 2.24) is 10.3 Å². The Morgan fingerprint density at radius 1 is 1.16 bits per heavy atom. The van der Waals surface area contributed by atoms with E-state index in [1.165, 1.54) is 18.2 Å². The molecule has 0 saturated carbocycles. The Morgan fingerprint density at radius 3 is 2.58 bits per heavy atom. The Morgan fingerprint density at radius 2 is 1.89 bits per heavy atom. The molecule has 0 aliphatic rings. The van der Waals surface area contributed by atoms with Gasteiger partial charge in [-0.15, -0.1) is 0 Å². The van der Waals surface area contributed by atoms with Gasteiger partial charge in [0.15, 0.2) is 0 Å². The van der Waals surface area contributed by atoms with Gasteiger partial charge in [-0.3, -0.25) is 0 Å². The molecule has 1 aromatic heterocycles. The average molecular weight is 260 g/mol. The first kappa shape index (κ1) is 13.2. The number of pyridine rings is 1. The normalized spacial score (nSPS) is 10.4. The molecule has 1 heterocycles. The highest BCUT2D eigenvalue weighted by Crippen LogP contribution is 2.03. The van der Waals surface area contributed by atoms with Crippen LogP contribution < -0.4 is 5.32 Å². The molecule has 0 atom stereocenters. The predicted molar refractivity (Wildman–Crippen MR) is 68.1 cm³/mol. The Bertz CT molecular complexity index is 570. The van der Waals surface area contributed by atoms with E-state index in [9.17, 15) is 9.18 Å². The number of aromatic nitrogens is 1. The van der Waals surface area contributed by atoms with Crippen LogP contribution in [0.5, 0.6) is 0 Å². The first-order valence-corrected chi connectivity index (χ1v) is 5.79. The van der Waals surface area contributed by atoms with Gasteiger partial charge in [0.05, 0.1) is 5.69 Å². The molecule has 19 heavy (non-hydrogen) atoms. The number of carboxylic acid groups (broad SMARTS) is 1. The lowest BCUT2D eigenvalue weighted by Gasteiger charge is -2.05. The molecule has 2 aromatic rings. The van der Waals surface area contributed by atoms with Crippen LogP contribution in [0.4, 0.5) is 4.39 Å². The van der Waals surface area contributed by atoms with Crippen LogP contribution in [-0.2, 0) is 13.1 Å². The minimum absolute atomic E-state index is 0.0288. The molecular formula is C14H13FN2O2. The number of nitrogens with zero attached hydrogens (tertiary/aromatic N) is 1. The lowest BCUT2D eigenvalue weighted by atomic mass is 10.2. The number of hydrogen-bond acceptors (Lipinski definition) is 3. The van der Waals surface area contributed by atoms with Crippen LogP contribution in [0, 0.1) is 5.82 Å². The van der Waals surface area contributed by atoms with E-state index < -0.39 is 5.97 Å². The van der Waals surface area contributed by atoms with E-state index in [1.54, 1.807) is 24.3 Å². The Balaban J connectivity index is 1.90. The highest BCUT2D eigenvalue weighted by Gasteiger charge is 2.04. The largest absolute Gasteiger partial charge is 0.477 e. The van der Waals surface area contributed by atoms with Crippen LogP contribution in [0.15, 0.2) is 42.5 Å². The third-order valence-corrected chi connectivity index (χ3v) is 2.57. The molecule has 5 heteroatoms. The maximum Gasteiger partial charge on any atom is 0.354 e. The molecule has 0 amide bonds. The van der Waals surface area contributed by atoms with Crippen molar-refractivity contribution in [3.63, 3.8) is 0 Å². The fourth-order valence-electron chi connectivity index (χ4n) is 1.63. The van der Waals surface area contributed by atoms with Crippen molar-refractivity contribution in [2.24, 2.45) is 0 Å². The second kappa shape index (κ2) is 6.06. The smallest absolute Gasteiger partial charge is 0.354 e. The summed E-state index contributed by atoms with van der Waals surface area (Å²) in [5.74, 6) is -1.31. The van der Waals surface area contributed by atoms with Gasteiger partial charge in [-0.05, 0) is 29.8 Å². The molecular weight excluding hydrogens is 247 g/mol. The highest BCUT2D eigenvalue weighted by atomic mass is 19.1. The van der Waals surface area contributed by atoms with E-state index in [4.69, 9.17) is 5.11 Å². The van der Waals surface area contributed by atoms with Gasteiger partial charge in [0.1, 0.15) is 11.5 Å². The molecule has 4 nitrogen and oxygen atoms in total. The van der Waals surface area contributed by atoms with Gasteiger partial charge in [-0.2, -0.15) is 0 Å². The summed E-state index contributed by atoms with van der Waals surface area (Å²) < 4.78 is 12.7. The first-order chi connectivity index (χ1) is 9.15. The third-order valence-electron chi connectivity index (χ3n) is 2.57. The molecule has 0 spiro atoms. The van der Waals surface area contributed by atoms with Crippen LogP contribution in [0.2, 0.25) is 0 Å². The van der Waals surface area contributed by atoms with E-state index in [1.807, 2.05) is 0 Å². The first-order valence-electron chi connectivity index (χ1n) is 5.79. The molecule has 0 radical (unpaired) electrons. The van der Waals surface area contributed by atoms with Gasteiger partial charge >= 0.3 is 5.97 Å². The maximum absolute atomic E-state index is 12.7. The number of halogens is 1. The van der Waals surface area contributed by atoms with Crippen LogP contribution in [-0.4, -0.2) is 16.1 Å². The molecule has 0 bridgehead atoms. The van der Waals surface area contributed by atoms with E-state index in [-0.39, 0.29) is 11.5 Å². The number of rotatable bonds is 5. The van der Waals surface area contributed by atoms with Crippen molar-refractivity contribution < 1.29 is 14.3 Å². The molecule has 2 rings (SSSR count). The summed E-state index contributed by atoms with van der Waals surface area (Å²) in [5.41, 5.74) is 1.64. The zero-order valence-corrected chi connectivity index (χ0v) is 10.1. The average Bonchev–Trinajstić information content (AvgIpc) is 2.41. The Kier molecular flexibility index (Phi) is 4.20. The minimum Gasteiger partial charge on any atom is -0.477 e. The van der Waals surface area contributed by atoms with Crippen molar-refractivity contribution in [2.45, 2.75) is 13.1 Å². The fourth-order valence-corrected chi connectivity index (χ4v) is 1.63. The van der Waals surface area contributed by atoms with Crippen molar-refractivity contribution in [2.75, 3.05) is 0 Å². The van der Waals surface area contributed by atoms with Gasteiger partial charge in [-0.25, -0.2) is 14.2 Å². The van der Waals surface area contributed by atoms with Crippen molar-refractivity contribution >= 4 is 5.97 Å². The van der Waals surface area contributed by atoms with Crippen LogP contribution in [0.25, 0.3) is 0 Å². The molecule has 0 aliphatic heterocycles. The Hall–Kier alpha value is -2.27. The molecule has 98 valence electrons. The number of aromatic carboxylic acids is 1. The van der Waals surface area contributed by atoms with Gasteiger partial charge in [-0.1, -0.05) is 18.2 Å². The zero-order valence-electron chi connectivity index (χ0n) is 10.1. The SMILES string of the molecule is O=C(O)c1cccc(CNCc2ccc(F)cc2)n1. The highest BCUT2D eigenvalue weighted by molar-refractivity contribution is 5.85. The number of hydrogen-bond donors (Lipinski definition) is 2. The van der Waals surface area contributed by atoms with E-state index in [0.29, 0.717) is 18.8 Å². The second-order valence-corrected chi connectivity index (χ2v) is 4.05. The summed E-state index contributed by atoms with van der Waals surface area (Å²) in [6.45, 7) is 1.03. The maximum atomic E-state index is 12.7.